The predicted molar refractivity (Wildman–Crippen MR) is 114 cm³/mol. The van der Waals surface area contributed by atoms with Crippen LogP contribution in [0, 0.1) is 0 Å². The van der Waals surface area contributed by atoms with Gasteiger partial charge < -0.3 is 5.32 Å². The number of halogens is 1. The summed E-state index contributed by atoms with van der Waals surface area (Å²) < 4.78 is 1.11. The molecule has 0 saturated carbocycles. The van der Waals surface area contributed by atoms with Crippen molar-refractivity contribution in [1.82, 2.24) is 5.32 Å². The first-order valence-corrected chi connectivity index (χ1v) is 10.4. The van der Waals surface area contributed by atoms with Crippen LogP contribution in [-0.4, -0.2) is 5.17 Å². The second-order valence-electron chi connectivity index (χ2n) is 6.24. The summed E-state index contributed by atoms with van der Waals surface area (Å²) in [6, 6.07) is 29.9. The van der Waals surface area contributed by atoms with Crippen LogP contribution < -0.4 is 5.32 Å². The average molecular weight is 423 g/mol. The minimum atomic E-state index is 0.103. The Bertz CT molecular complexity index is 879. The lowest BCUT2D eigenvalue weighted by atomic mass is 9.95. The number of benzene rings is 3. The molecule has 2 atom stereocenters. The van der Waals surface area contributed by atoms with Gasteiger partial charge in [-0.15, -0.1) is 0 Å². The summed E-state index contributed by atoms with van der Waals surface area (Å²) in [6.07, 6.45) is 0. The fourth-order valence-corrected chi connectivity index (χ4v) is 4.26. The van der Waals surface area contributed by atoms with Gasteiger partial charge in [-0.25, -0.2) is 0 Å². The van der Waals surface area contributed by atoms with Crippen LogP contribution in [-0.2, 0) is 5.75 Å². The molecule has 0 unspecified atom stereocenters. The topological polar surface area (TPSA) is 24.4 Å². The molecular formula is C22H19BrN2S. The molecule has 4 heteroatoms. The lowest BCUT2D eigenvalue weighted by molar-refractivity contribution is 0.573. The van der Waals surface area contributed by atoms with Gasteiger partial charge in [0.15, 0.2) is 5.17 Å². The summed E-state index contributed by atoms with van der Waals surface area (Å²) >= 11 is 5.25. The highest BCUT2D eigenvalue weighted by Crippen LogP contribution is 2.38. The van der Waals surface area contributed by atoms with Gasteiger partial charge in [-0.3, -0.25) is 4.99 Å². The molecule has 0 aliphatic carbocycles. The normalized spacial score (nSPS) is 19.0. The molecule has 4 rings (SSSR count). The molecule has 3 aromatic rings. The Morgan fingerprint density at radius 1 is 0.808 bits per heavy atom. The molecule has 0 spiro atoms. The first-order chi connectivity index (χ1) is 12.8. The zero-order chi connectivity index (χ0) is 17.8. The number of nitrogens with zero attached hydrogens (tertiary/aromatic N) is 1. The summed E-state index contributed by atoms with van der Waals surface area (Å²) in [4.78, 5) is 5.01. The fraction of sp³-hybridized carbons (Fsp3) is 0.136. The molecule has 0 fully saturated rings. The number of nitrogens with one attached hydrogen (secondary N) is 1. The Kier molecular flexibility index (Phi) is 5.42. The van der Waals surface area contributed by atoms with E-state index in [4.69, 9.17) is 4.99 Å². The van der Waals surface area contributed by atoms with Crippen LogP contribution in [0.2, 0.25) is 0 Å². The Labute approximate surface area is 166 Å². The number of hydrogen-bond acceptors (Lipinski definition) is 3. The van der Waals surface area contributed by atoms with E-state index in [0.717, 1.165) is 15.4 Å². The molecular weight excluding hydrogens is 404 g/mol. The van der Waals surface area contributed by atoms with Crippen LogP contribution in [0.4, 0.5) is 0 Å². The van der Waals surface area contributed by atoms with Crippen molar-refractivity contribution in [2.45, 2.75) is 17.8 Å². The van der Waals surface area contributed by atoms with Crippen molar-refractivity contribution in [2.24, 2.45) is 4.99 Å². The summed E-state index contributed by atoms with van der Waals surface area (Å²) in [6.45, 7) is 0. The second-order valence-corrected chi connectivity index (χ2v) is 8.12. The minimum absolute atomic E-state index is 0.103. The molecule has 0 radical (unpaired) electrons. The van der Waals surface area contributed by atoms with Crippen molar-refractivity contribution in [1.29, 1.82) is 0 Å². The summed E-state index contributed by atoms with van der Waals surface area (Å²) in [5, 5.41) is 4.65. The number of hydrogen-bond donors (Lipinski definition) is 1. The summed E-state index contributed by atoms with van der Waals surface area (Å²) in [5.74, 6) is 0.905. The van der Waals surface area contributed by atoms with Gasteiger partial charge in [-0.2, -0.15) is 0 Å². The minimum Gasteiger partial charge on any atom is -0.356 e. The average Bonchev–Trinajstić information content (AvgIpc) is 3.13. The van der Waals surface area contributed by atoms with Gasteiger partial charge in [-0.05, 0) is 28.8 Å². The molecule has 0 bridgehead atoms. The quantitative estimate of drug-likeness (QED) is 0.547. The van der Waals surface area contributed by atoms with Crippen molar-refractivity contribution in [2.75, 3.05) is 0 Å². The first-order valence-electron chi connectivity index (χ1n) is 8.61. The SMILES string of the molecule is Brc1ccc(CSC2=N[C@@H](c3ccccc3)[C@@H](c3ccccc3)N2)cc1. The highest BCUT2D eigenvalue weighted by molar-refractivity contribution is 9.10. The van der Waals surface area contributed by atoms with Crippen LogP contribution >= 0.6 is 27.7 Å². The maximum absolute atomic E-state index is 5.01. The van der Waals surface area contributed by atoms with E-state index in [1.54, 1.807) is 11.8 Å². The van der Waals surface area contributed by atoms with Gasteiger partial charge in [0.1, 0.15) is 6.04 Å². The molecule has 0 amide bonds. The molecule has 1 heterocycles. The van der Waals surface area contributed by atoms with E-state index in [-0.39, 0.29) is 12.1 Å². The third-order valence-corrected chi connectivity index (χ3v) is 5.94. The maximum Gasteiger partial charge on any atom is 0.158 e. The van der Waals surface area contributed by atoms with Gasteiger partial charge in [0.25, 0.3) is 0 Å². The van der Waals surface area contributed by atoms with E-state index in [2.05, 4.69) is 106 Å². The number of amidine groups is 1. The van der Waals surface area contributed by atoms with E-state index < -0.39 is 0 Å². The van der Waals surface area contributed by atoms with Gasteiger partial charge in [0, 0.05) is 10.2 Å². The lowest BCUT2D eigenvalue weighted by Gasteiger charge is -2.19. The monoisotopic (exact) mass is 422 g/mol. The van der Waals surface area contributed by atoms with Crippen LogP contribution in [0.25, 0.3) is 0 Å². The summed E-state index contributed by atoms with van der Waals surface area (Å²) in [5.41, 5.74) is 3.81. The zero-order valence-electron chi connectivity index (χ0n) is 14.2. The van der Waals surface area contributed by atoms with Crippen molar-refractivity contribution in [3.8, 4) is 0 Å². The Morgan fingerprint density at radius 2 is 1.42 bits per heavy atom. The van der Waals surface area contributed by atoms with Crippen LogP contribution in [0.5, 0.6) is 0 Å². The van der Waals surface area contributed by atoms with Crippen molar-refractivity contribution < 1.29 is 0 Å². The van der Waals surface area contributed by atoms with Gasteiger partial charge >= 0.3 is 0 Å². The molecule has 130 valence electrons. The summed E-state index contributed by atoms with van der Waals surface area (Å²) in [7, 11) is 0. The van der Waals surface area contributed by atoms with E-state index >= 15 is 0 Å². The fourth-order valence-electron chi connectivity index (χ4n) is 3.10. The van der Waals surface area contributed by atoms with E-state index in [1.807, 2.05) is 0 Å². The molecule has 0 aromatic heterocycles. The molecule has 1 N–H and O–H groups in total. The standard InChI is InChI=1S/C22H19BrN2S/c23-19-13-11-16(12-14-19)15-26-22-24-20(17-7-3-1-4-8-17)21(25-22)18-9-5-2-6-10-18/h1-14,20-21H,15H2,(H,24,25)/t20-,21+. The third-order valence-electron chi connectivity index (χ3n) is 4.44. The predicted octanol–water partition coefficient (Wildman–Crippen LogP) is 6.12. The Balaban J connectivity index is 1.55. The molecule has 3 aromatic carbocycles. The zero-order valence-corrected chi connectivity index (χ0v) is 16.6. The smallest absolute Gasteiger partial charge is 0.158 e. The van der Waals surface area contributed by atoms with Crippen molar-refractivity contribution in [3.63, 3.8) is 0 Å². The van der Waals surface area contributed by atoms with E-state index in [0.29, 0.717) is 0 Å². The highest BCUT2D eigenvalue weighted by Gasteiger charge is 2.31. The van der Waals surface area contributed by atoms with Gasteiger partial charge in [0.2, 0.25) is 0 Å². The maximum atomic E-state index is 5.01. The van der Waals surface area contributed by atoms with Crippen LogP contribution in [0.15, 0.2) is 94.4 Å². The van der Waals surface area contributed by atoms with Gasteiger partial charge in [-0.1, -0.05) is 100 Å². The number of thioether (sulfide) groups is 1. The number of aliphatic imine (C=N–C) groups is 1. The lowest BCUT2D eigenvalue weighted by Crippen LogP contribution is -2.22. The largest absolute Gasteiger partial charge is 0.356 e. The van der Waals surface area contributed by atoms with E-state index in [9.17, 15) is 0 Å². The Hall–Kier alpha value is -2.04. The highest BCUT2D eigenvalue weighted by atomic mass is 79.9. The second kappa shape index (κ2) is 8.11. The van der Waals surface area contributed by atoms with Crippen LogP contribution in [0.3, 0.4) is 0 Å². The molecule has 1 aliphatic heterocycles. The third kappa shape index (κ3) is 4.02. The number of rotatable bonds is 4. The molecule has 1 aliphatic rings. The Morgan fingerprint density at radius 3 is 2.08 bits per heavy atom. The van der Waals surface area contributed by atoms with Crippen LogP contribution in [0.1, 0.15) is 28.8 Å². The molecule has 26 heavy (non-hydrogen) atoms. The van der Waals surface area contributed by atoms with E-state index in [1.165, 1.54) is 16.7 Å². The molecule has 0 saturated heterocycles. The molecule has 2 nitrogen and oxygen atoms in total. The van der Waals surface area contributed by atoms with Crippen molar-refractivity contribution in [3.05, 3.63) is 106 Å². The first kappa shape index (κ1) is 17.4. The van der Waals surface area contributed by atoms with Crippen molar-refractivity contribution >= 4 is 32.9 Å². The van der Waals surface area contributed by atoms with Gasteiger partial charge in [0.05, 0.1) is 6.04 Å².